The summed E-state index contributed by atoms with van der Waals surface area (Å²) in [6.07, 6.45) is 2.32. The van der Waals surface area contributed by atoms with Crippen molar-refractivity contribution >= 4 is 22.9 Å². The van der Waals surface area contributed by atoms with Gasteiger partial charge in [-0.15, -0.1) is 0 Å². The van der Waals surface area contributed by atoms with Crippen molar-refractivity contribution in [2.75, 3.05) is 5.32 Å². The van der Waals surface area contributed by atoms with Crippen LogP contribution in [0.4, 0.5) is 11.5 Å². The maximum absolute atomic E-state index is 11.3. The van der Waals surface area contributed by atoms with E-state index in [4.69, 9.17) is 4.98 Å². The molecule has 2 aromatic carbocycles. The number of carbonyl (C=O) groups excluding carboxylic acids is 1. The van der Waals surface area contributed by atoms with Crippen LogP contribution in [0.3, 0.4) is 0 Å². The number of hydrogen-bond acceptors (Lipinski definition) is 4. The number of anilines is 2. The zero-order valence-corrected chi connectivity index (χ0v) is 16.9. The lowest BCUT2D eigenvalue weighted by molar-refractivity contribution is -0.116. The van der Waals surface area contributed by atoms with E-state index in [2.05, 4.69) is 36.4 Å². The number of hydrogen-bond donors (Lipinski definition) is 1. The molecule has 0 aliphatic carbocycles. The van der Waals surface area contributed by atoms with Crippen molar-refractivity contribution in [1.82, 2.24) is 14.6 Å². The van der Waals surface area contributed by atoms with Crippen molar-refractivity contribution in [3.63, 3.8) is 0 Å². The number of ketones is 1. The lowest BCUT2D eigenvalue weighted by atomic mass is 10.1. The molecule has 4 rings (SSSR count). The van der Waals surface area contributed by atoms with E-state index in [1.54, 1.807) is 6.92 Å². The van der Waals surface area contributed by atoms with Crippen LogP contribution in [0.2, 0.25) is 0 Å². The average molecular weight is 384 g/mol. The van der Waals surface area contributed by atoms with Gasteiger partial charge in [-0.1, -0.05) is 56.3 Å². The second kappa shape index (κ2) is 7.87. The van der Waals surface area contributed by atoms with Crippen LogP contribution < -0.4 is 5.32 Å². The molecule has 5 nitrogen and oxygen atoms in total. The van der Waals surface area contributed by atoms with Crippen LogP contribution in [-0.2, 0) is 11.2 Å². The highest BCUT2D eigenvalue weighted by Crippen LogP contribution is 2.28. The fraction of sp³-hybridized carbons (Fsp3) is 0.208. The topological polar surface area (TPSA) is 59.3 Å². The van der Waals surface area contributed by atoms with Crippen molar-refractivity contribution in [2.24, 2.45) is 0 Å². The van der Waals surface area contributed by atoms with Crippen LogP contribution in [-0.4, -0.2) is 20.4 Å². The van der Waals surface area contributed by atoms with E-state index < -0.39 is 0 Å². The van der Waals surface area contributed by atoms with Gasteiger partial charge in [0.15, 0.2) is 5.65 Å². The zero-order valence-electron chi connectivity index (χ0n) is 16.9. The molecular formula is C24H24N4O. The smallest absolute Gasteiger partial charge is 0.165 e. The van der Waals surface area contributed by atoms with Gasteiger partial charge in [0, 0.05) is 29.4 Å². The Hall–Kier alpha value is -3.47. The molecule has 4 aromatic rings. The Morgan fingerprint density at radius 3 is 2.45 bits per heavy atom. The second-order valence-electron chi connectivity index (χ2n) is 7.58. The minimum atomic E-state index is 0.160. The Morgan fingerprint density at radius 1 is 1.07 bits per heavy atom. The molecule has 0 radical (unpaired) electrons. The molecule has 0 aliphatic rings. The van der Waals surface area contributed by atoms with E-state index in [-0.39, 0.29) is 11.7 Å². The molecule has 0 spiro atoms. The van der Waals surface area contributed by atoms with Gasteiger partial charge in [-0.3, -0.25) is 4.79 Å². The monoisotopic (exact) mass is 384 g/mol. The predicted octanol–water partition coefficient (Wildman–Crippen LogP) is 5.39. The highest BCUT2D eigenvalue weighted by molar-refractivity contribution is 5.79. The first-order valence-electron chi connectivity index (χ1n) is 9.81. The van der Waals surface area contributed by atoms with Gasteiger partial charge in [0.2, 0.25) is 0 Å². The molecule has 0 saturated carbocycles. The summed E-state index contributed by atoms with van der Waals surface area (Å²) < 4.78 is 1.84. The molecule has 0 saturated heterocycles. The van der Waals surface area contributed by atoms with Crippen LogP contribution in [0.1, 0.15) is 37.9 Å². The molecule has 0 fully saturated rings. The first kappa shape index (κ1) is 18.9. The average Bonchev–Trinajstić information content (AvgIpc) is 3.14. The summed E-state index contributed by atoms with van der Waals surface area (Å²) in [4.78, 5) is 16.2. The summed E-state index contributed by atoms with van der Waals surface area (Å²) in [7, 11) is 0. The summed E-state index contributed by atoms with van der Waals surface area (Å²) in [5.74, 6) is 1.31. The van der Waals surface area contributed by atoms with Crippen LogP contribution in [0.15, 0.2) is 66.9 Å². The number of benzene rings is 2. The summed E-state index contributed by atoms with van der Waals surface area (Å²) in [5, 5.41) is 8.06. The Morgan fingerprint density at radius 2 is 1.79 bits per heavy atom. The van der Waals surface area contributed by atoms with Gasteiger partial charge in [0.1, 0.15) is 11.6 Å². The van der Waals surface area contributed by atoms with Gasteiger partial charge < -0.3 is 5.32 Å². The Labute approximate surface area is 170 Å². The van der Waals surface area contributed by atoms with Crippen molar-refractivity contribution < 1.29 is 4.79 Å². The van der Waals surface area contributed by atoms with Gasteiger partial charge in [0.25, 0.3) is 0 Å². The van der Waals surface area contributed by atoms with Crippen LogP contribution >= 0.6 is 0 Å². The first-order chi connectivity index (χ1) is 14.0. The van der Waals surface area contributed by atoms with Gasteiger partial charge in [0.05, 0.1) is 6.20 Å². The maximum atomic E-state index is 11.3. The lowest BCUT2D eigenvalue weighted by Gasteiger charge is -2.13. The number of rotatable bonds is 6. The molecule has 146 valence electrons. The van der Waals surface area contributed by atoms with E-state index in [0.29, 0.717) is 6.42 Å². The van der Waals surface area contributed by atoms with Crippen LogP contribution in [0.5, 0.6) is 0 Å². The minimum absolute atomic E-state index is 0.160. The van der Waals surface area contributed by atoms with Crippen LogP contribution in [0.25, 0.3) is 16.8 Å². The number of nitrogens with zero attached hydrogens (tertiary/aromatic N) is 3. The normalized spacial score (nSPS) is 11.2. The Kier molecular flexibility index (Phi) is 5.12. The third-order valence-corrected chi connectivity index (χ3v) is 4.85. The number of aromatic nitrogens is 3. The fourth-order valence-corrected chi connectivity index (χ4v) is 3.33. The molecule has 1 N–H and O–H groups in total. The number of Topliss-reactive ketones (excluding diaryl/α,β-unsaturated/α-hetero) is 1. The first-order valence-corrected chi connectivity index (χ1v) is 9.81. The third kappa shape index (κ3) is 4.04. The van der Waals surface area contributed by atoms with Crippen molar-refractivity contribution in [3.8, 4) is 11.1 Å². The molecule has 0 bridgehead atoms. The quantitative estimate of drug-likeness (QED) is 0.484. The molecule has 0 unspecified atom stereocenters. The van der Waals surface area contributed by atoms with Gasteiger partial charge in [-0.2, -0.15) is 9.61 Å². The summed E-state index contributed by atoms with van der Waals surface area (Å²) >= 11 is 0. The molecule has 0 atom stereocenters. The largest absolute Gasteiger partial charge is 0.340 e. The van der Waals surface area contributed by atoms with Gasteiger partial charge >= 0.3 is 0 Å². The number of carbonyl (C=O) groups is 1. The molecular weight excluding hydrogens is 360 g/mol. The SMILES string of the molecule is CC(=O)Cc1ccc(Nc2cc(C(C)C)nc3c(-c4ccccc4)cnn23)cc1. The lowest BCUT2D eigenvalue weighted by Crippen LogP contribution is -2.05. The maximum Gasteiger partial charge on any atom is 0.165 e. The highest BCUT2D eigenvalue weighted by Gasteiger charge is 2.14. The standard InChI is InChI=1S/C24H24N4O/c1-16(2)22-14-23(26-20-11-9-18(10-12-20)13-17(3)29)28-24(27-22)21(15-25-28)19-7-5-4-6-8-19/h4-12,14-16,26H,13H2,1-3H3. The Bertz CT molecular complexity index is 1140. The summed E-state index contributed by atoms with van der Waals surface area (Å²) in [6, 6.07) is 20.2. The van der Waals surface area contributed by atoms with E-state index >= 15 is 0 Å². The molecule has 29 heavy (non-hydrogen) atoms. The molecule has 5 heteroatoms. The van der Waals surface area contributed by atoms with E-state index in [1.807, 2.05) is 59.2 Å². The van der Waals surface area contributed by atoms with Crippen LogP contribution in [0, 0.1) is 0 Å². The fourth-order valence-electron chi connectivity index (χ4n) is 3.33. The molecule has 0 amide bonds. The second-order valence-corrected chi connectivity index (χ2v) is 7.58. The predicted molar refractivity (Wildman–Crippen MR) is 117 cm³/mol. The zero-order chi connectivity index (χ0) is 20.4. The van der Waals surface area contributed by atoms with E-state index in [1.165, 1.54) is 0 Å². The molecule has 2 aromatic heterocycles. The van der Waals surface area contributed by atoms with Gasteiger partial charge in [-0.25, -0.2) is 4.98 Å². The third-order valence-electron chi connectivity index (χ3n) is 4.85. The number of nitrogens with one attached hydrogen (secondary N) is 1. The van der Waals surface area contributed by atoms with E-state index in [9.17, 15) is 4.79 Å². The molecule has 2 heterocycles. The minimum Gasteiger partial charge on any atom is -0.340 e. The Balaban J connectivity index is 1.75. The van der Waals surface area contributed by atoms with Crippen molar-refractivity contribution in [2.45, 2.75) is 33.1 Å². The van der Waals surface area contributed by atoms with Gasteiger partial charge in [-0.05, 0) is 36.1 Å². The van der Waals surface area contributed by atoms with Crippen molar-refractivity contribution in [3.05, 3.63) is 78.1 Å². The van der Waals surface area contributed by atoms with Crippen molar-refractivity contribution in [1.29, 1.82) is 0 Å². The summed E-state index contributed by atoms with van der Waals surface area (Å²) in [6.45, 7) is 5.88. The van der Waals surface area contributed by atoms with E-state index in [0.717, 1.165) is 39.5 Å². The summed E-state index contributed by atoms with van der Waals surface area (Å²) in [5.41, 5.74) is 5.89. The molecule has 0 aliphatic heterocycles. The highest BCUT2D eigenvalue weighted by atomic mass is 16.1. The number of fused-ring (bicyclic) bond motifs is 1.